The van der Waals surface area contributed by atoms with Gasteiger partial charge in [-0.15, -0.1) is 11.3 Å². The predicted octanol–water partition coefficient (Wildman–Crippen LogP) is 0.726. The summed E-state index contributed by atoms with van der Waals surface area (Å²) in [5.41, 5.74) is 5.54. The van der Waals surface area contributed by atoms with E-state index < -0.39 is 5.97 Å². The lowest BCUT2D eigenvalue weighted by atomic mass is 10.1. The summed E-state index contributed by atoms with van der Waals surface area (Å²) in [5.74, 6) is -0.959. The lowest BCUT2D eigenvalue weighted by molar-refractivity contribution is -0.137. The van der Waals surface area contributed by atoms with Crippen LogP contribution in [0.4, 0.5) is 5.13 Å². The molecule has 0 aliphatic carbocycles. The molecule has 15 heavy (non-hydrogen) atoms. The van der Waals surface area contributed by atoms with Gasteiger partial charge in [0.15, 0.2) is 5.13 Å². The molecule has 6 heteroatoms. The fourth-order valence-electron chi connectivity index (χ4n) is 1.18. The number of carboxylic acids is 1. The Morgan fingerprint density at radius 3 is 2.80 bits per heavy atom. The first-order valence-electron chi connectivity index (χ1n) is 4.59. The number of carboxylic acid groups (broad SMARTS) is 1. The number of nitrogens with two attached hydrogens (primary N) is 1. The van der Waals surface area contributed by atoms with Crippen LogP contribution in [0.1, 0.15) is 17.2 Å². The average Bonchev–Trinajstić information content (AvgIpc) is 2.62. The van der Waals surface area contributed by atoms with Gasteiger partial charge in [-0.3, -0.25) is 4.79 Å². The van der Waals surface area contributed by atoms with Crippen LogP contribution in [0.3, 0.4) is 0 Å². The topological polar surface area (TPSA) is 79.5 Å². The molecular formula is C9H15N3O2S. The van der Waals surface area contributed by atoms with Crippen molar-refractivity contribution in [1.29, 1.82) is 0 Å². The van der Waals surface area contributed by atoms with Crippen molar-refractivity contribution in [3.8, 4) is 0 Å². The number of hydrogen-bond donors (Lipinski definition) is 2. The van der Waals surface area contributed by atoms with Crippen molar-refractivity contribution in [2.24, 2.45) is 5.73 Å². The molecule has 1 rings (SSSR count). The molecule has 0 saturated carbocycles. The first kappa shape index (κ1) is 11.9. The third kappa shape index (κ3) is 3.17. The van der Waals surface area contributed by atoms with Crippen molar-refractivity contribution < 1.29 is 9.90 Å². The van der Waals surface area contributed by atoms with E-state index in [0.29, 0.717) is 6.54 Å². The normalized spacial score (nSPS) is 12.5. The Kier molecular flexibility index (Phi) is 4.05. The number of rotatable bonds is 5. The molecule has 0 fully saturated rings. The maximum Gasteiger partial charge on any atom is 0.304 e. The maximum atomic E-state index is 10.6. The number of anilines is 1. The summed E-state index contributed by atoms with van der Waals surface area (Å²) >= 11 is 1.49. The summed E-state index contributed by atoms with van der Waals surface area (Å²) in [6, 6.07) is 0. The monoisotopic (exact) mass is 229 g/mol. The number of aromatic nitrogens is 1. The summed E-state index contributed by atoms with van der Waals surface area (Å²) in [4.78, 5) is 17.6. The summed E-state index contributed by atoms with van der Waals surface area (Å²) in [6.45, 7) is 0.335. The standard InChI is InChI=1S/C9H15N3O2S/c1-12(2)9-11-5-7(15-9)6(4-10)3-8(13)14/h5-6H,3-4,10H2,1-2H3,(H,13,14). The fraction of sp³-hybridized carbons (Fsp3) is 0.556. The van der Waals surface area contributed by atoms with Crippen LogP contribution in [0.25, 0.3) is 0 Å². The van der Waals surface area contributed by atoms with E-state index in [-0.39, 0.29) is 12.3 Å². The quantitative estimate of drug-likeness (QED) is 0.778. The van der Waals surface area contributed by atoms with Gasteiger partial charge >= 0.3 is 5.97 Å². The van der Waals surface area contributed by atoms with E-state index in [2.05, 4.69) is 4.98 Å². The van der Waals surface area contributed by atoms with Crippen LogP contribution in [0.2, 0.25) is 0 Å². The van der Waals surface area contributed by atoms with E-state index in [1.165, 1.54) is 11.3 Å². The predicted molar refractivity (Wildman–Crippen MR) is 60.5 cm³/mol. The van der Waals surface area contributed by atoms with E-state index in [9.17, 15) is 4.79 Å². The molecule has 0 bridgehead atoms. The minimum absolute atomic E-state index is 0.0611. The van der Waals surface area contributed by atoms with Gasteiger partial charge < -0.3 is 15.7 Å². The van der Waals surface area contributed by atoms with Gasteiger partial charge in [0, 0.05) is 37.6 Å². The summed E-state index contributed by atoms with van der Waals surface area (Å²) in [6.07, 6.45) is 1.77. The second-order valence-corrected chi connectivity index (χ2v) is 4.51. The number of nitrogens with zero attached hydrogens (tertiary/aromatic N) is 2. The zero-order valence-corrected chi connectivity index (χ0v) is 9.62. The van der Waals surface area contributed by atoms with Gasteiger partial charge in [0.05, 0.1) is 6.42 Å². The fourth-order valence-corrected chi connectivity index (χ4v) is 2.13. The molecule has 0 radical (unpaired) electrons. The highest BCUT2D eigenvalue weighted by molar-refractivity contribution is 7.15. The van der Waals surface area contributed by atoms with Gasteiger partial charge in [-0.25, -0.2) is 4.98 Å². The Morgan fingerprint density at radius 2 is 2.40 bits per heavy atom. The highest BCUT2D eigenvalue weighted by Crippen LogP contribution is 2.28. The van der Waals surface area contributed by atoms with E-state index in [4.69, 9.17) is 10.8 Å². The van der Waals surface area contributed by atoms with E-state index in [1.54, 1.807) is 6.20 Å². The van der Waals surface area contributed by atoms with Crippen molar-refractivity contribution in [3.05, 3.63) is 11.1 Å². The third-order valence-electron chi connectivity index (χ3n) is 2.00. The summed E-state index contributed by atoms with van der Waals surface area (Å²) in [5, 5.41) is 9.58. The Labute approximate surface area is 92.5 Å². The van der Waals surface area contributed by atoms with Crippen molar-refractivity contribution >= 4 is 22.4 Å². The molecule has 0 amide bonds. The Morgan fingerprint density at radius 1 is 1.73 bits per heavy atom. The van der Waals surface area contributed by atoms with E-state index in [0.717, 1.165) is 10.0 Å². The molecular weight excluding hydrogens is 214 g/mol. The van der Waals surface area contributed by atoms with Gasteiger partial charge in [-0.1, -0.05) is 0 Å². The highest BCUT2D eigenvalue weighted by Gasteiger charge is 2.17. The van der Waals surface area contributed by atoms with Crippen LogP contribution in [0.15, 0.2) is 6.20 Å². The second kappa shape index (κ2) is 5.09. The smallest absolute Gasteiger partial charge is 0.304 e. The van der Waals surface area contributed by atoms with Gasteiger partial charge in [0.2, 0.25) is 0 Å². The lowest BCUT2D eigenvalue weighted by Crippen LogP contribution is -2.15. The third-order valence-corrected chi connectivity index (χ3v) is 3.33. The minimum atomic E-state index is -0.828. The Hall–Kier alpha value is -1.14. The van der Waals surface area contributed by atoms with Gasteiger partial charge in [0.1, 0.15) is 0 Å². The zero-order chi connectivity index (χ0) is 11.4. The molecule has 1 atom stereocenters. The van der Waals surface area contributed by atoms with Crippen LogP contribution < -0.4 is 10.6 Å². The highest BCUT2D eigenvalue weighted by atomic mass is 32.1. The van der Waals surface area contributed by atoms with Crippen molar-refractivity contribution in [2.45, 2.75) is 12.3 Å². The Bertz CT molecular complexity index is 338. The van der Waals surface area contributed by atoms with Gasteiger partial charge in [-0.2, -0.15) is 0 Å². The van der Waals surface area contributed by atoms with Crippen LogP contribution >= 0.6 is 11.3 Å². The first-order chi connectivity index (χ1) is 7.04. The molecule has 0 aliphatic rings. The van der Waals surface area contributed by atoms with Crippen molar-refractivity contribution in [1.82, 2.24) is 4.98 Å². The zero-order valence-electron chi connectivity index (χ0n) is 8.80. The average molecular weight is 229 g/mol. The molecule has 0 aliphatic heterocycles. The second-order valence-electron chi connectivity index (χ2n) is 3.47. The molecule has 3 N–H and O–H groups in total. The maximum absolute atomic E-state index is 10.6. The lowest BCUT2D eigenvalue weighted by Gasteiger charge is -2.09. The largest absolute Gasteiger partial charge is 0.481 e. The van der Waals surface area contributed by atoms with Crippen molar-refractivity contribution in [3.63, 3.8) is 0 Å². The first-order valence-corrected chi connectivity index (χ1v) is 5.41. The molecule has 84 valence electrons. The van der Waals surface area contributed by atoms with Crippen LogP contribution in [0.5, 0.6) is 0 Å². The number of thiazole rings is 1. The molecule has 1 aromatic rings. The van der Waals surface area contributed by atoms with Crippen LogP contribution in [-0.4, -0.2) is 36.7 Å². The van der Waals surface area contributed by atoms with E-state index >= 15 is 0 Å². The molecule has 0 aromatic carbocycles. The molecule has 1 unspecified atom stereocenters. The SMILES string of the molecule is CN(C)c1ncc(C(CN)CC(=O)O)s1. The molecule has 0 spiro atoms. The Balaban J connectivity index is 2.78. The van der Waals surface area contributed by atoms with E-state index in [1.807, 2.05) is 19.0 Å². The van der Waals surface area contributed by atoms with Crippen LogP contribution in [0, 0.1) is 0 Å². The number of hydrogen-bond acceptors (Lipinski definition) is 5. The molecule has 0 saturated heterocycles. The van der Waals surface area contributed by atoms with Crippen molar-refractivity contribution in [2.75, 3.05) is 25.5 Å². The number of aliphatic carboxylic acids is 1. The minimum Gasteiger partial charge on any atom is -0.481 e. The van der Waals surface area contributed by atoms with Crippen LogP contribution in [-0.2, 0) is 4.79 Å². The summed E-state index contributed by atoms with van der Waals surface area (Å²) in [7, 11) is 3.80. The molecule has 5 nitrogen and oxygen atoms in total. The van der Waals surface area contributed by atoms with Gasteiger partial charge in [-0.05, 0) is 0 Å². The number of carbonyl (C=O) groups is 1. The van der Waals surface area contributed by atoms with Gasteiger partial charge in [0.25, 0.3) is 0 Å². The summed E-state index contributed by atoms with van der Waals surface area (Å²) < 4.78 is 0. The molecule has 1 heterocycles. The molecule has 1 aromatic heterocycles.